The summed E-state index contributed by atoms with van der Waals surface area (Å²) in [6.07, 6.45) is 0. The monoisotopic (exact) mass is 371 g/mol. The predicted molar refractivity (Wildman–Crippen MR) is 98.9 cm³/mol. The number of methoxy groups -OCH3 is 1. The lowest BCUT2D eigenvalue weighted by molar-refractivity contribution is 0.102. The van der Waals surface area contributed by atoms with Crippen LogP contribution in [0.2, 0.25) is 5.02 Å². The maximum atomic E-state index is 13.8. The zero-order valence-electron chi connectivity index (χ0n) is 13.8. The molecule has 4 nitrogen and oxygen atoms in total. The van der Waals surface area contributed by atoms with E-state index in [1.807, 2.05) is 12.1 Å². The third kappa shape index (κ3) is 3.95. The van der Waals surface area contributed by atoms with Gasteiger partial charge in [0.25, 0.3) is 5.91 Å². The quantitative estimate of drug-likeness (QED) is 0.641. The van der Waals surface area contributed by atoms with E-state index in [4.69, 9.17) is 21.1 Å². The van der Waals surface area contributed by atoms with E-state index in [2.05, 4.69) is 5.32 Å². The van der Waals surface area contributed by atoms with E-state index in [1.165, 1.54) is 18.2 Å². The molecule has 3 aromatic rings. The number of anilines is 1. The fraction of sp³-hybridized carbons (Fsp3) is 0.0500. The Balaban J connectivity index is 1.73. The summed E-state index contributed by atoms with van der Waals surface area (Å²) in [5.74, 6) is 0.457. The highest BCUT2D eigenvalue weighted by molar-refractivity contribution is 6.34. The van der Waals surface area contributed by atoms with Crippen molar-refractivity contribution in [1.29, 1.82) is 0 Å². The van der Waals surface area contributed by atoms with Crippen LogP contribution in [0.3, 0.4) is 0 Å². The number of hydrogen-bond donors (Lipinski definition) is 1. The second-order valence-corrected chi connectivity index (χ2v) is 5.74. The number of carbonyl (C=O) groups excluding carboxylic acids is 1. The summed E-state index contributed by atoms with van der Waals surface area (Å²) in [4.78, 5) is 12.2. The van der Waals surface area contributed by atoms with E-state index < -0.39 is 11.7 Å². The second-order valence-electron chi connectivity index (χ2n) is 5.33. The first-order valence-corrected chi connectivity index (χ1v) is 8.12. The highest BCUT2D eigenvalue weighted by Gasteiger charge is 2.15. The number of amides is 1. The molecule has 3 aromatic carbocycles. The molecule has 0 heterocycles. The predicted octanol–water partition coefficient (Wildman–Crippen LogP) is 5.53. The van der Waals surface area contributed by atoms with Crippen LogP contribution in [0.1, 0.15) is 10.4 Å². The Morgan fingerprint density at radius 3 is 2.31 bits per heavy atom. The maximum Gasteiger partial charge on any atom is 0.260 e. The second kappa shape index (κ2) is 7.89. The normalized spacial score (nSPS) is 10.3. The van der Waals surface area contributed by atoms with Gasteiger partial charge in [-0.05, 0) is 48.5 Å². The van der Waals surface area contributed by atoms with Gasteiger partial charge in [-0.1, -0.05) is 29.8 Å². The van der Waals surface area contributed by atoms with Gasteiger partial charge >= 0.3 is 0 Å². The van der Waals surface area contributed by atoms with Gasteiger partial charge in [0.2, 0.25) is 0 Å². The SMILES string of the molecule is COc1ccccc1Oc1ccc(NC(=O)c2c(F)cccc2Cl)cc1. The first-order chi connectivity index (χ1) is 12.6. The number of para-hydroxylation sites is 2. The molecule has 1 amide bonds. The molecule has 3 rings (SSSR count). The molecule has 0 aliphatic carbocycles. The Labute approximate surface area is 155 Å². The van der Waals surface area contributed by atoms with E-state index >= 15 is 0 Å². The number of benzene rings is 3. The zero-order chi connectivity index (χ0) is 18.5. The molecule has 132 valence electrons. The van der Waals surface area contributed by atoms with Gasteiger partial charge in [0.05, 0.1) is 17.7 Å². The van der Waals surface area contributed by atoms with Crippen molar-refractivity contribution in [2.24, 2.45) is 0 Å². The van der Waals surface area contributed by atoms with Gasteiger partial charge in [-0.15, -0.1) is 0 Å². The van der Waals surface area contributed by atoms with Crippen LogP contribution in [-0.4, -0.2) is 13.0 Å². The lowest BCUT2D eigenvalue weighted by atomic mass is 10.2. The lowest BCUT2D eigenvalue weighted by Gasteiger charge is -2.11. The summed E-state index contributed by atoms with van der Waals surface area (Å²) in [5.41, 5.74) is 0.296. The van der Waals surface area contributed by atoms with Crippen LogP contribution >= 0.6 is 11.6 Å². The van der Waals surface area contributed by atoms with E-state index in [1.54, 1.807) is 43.5 Å². The molecule has 0 fully saturated rings. The van der Waals surface area contributed by atoms with Crippen molar-refractivity contribution in [2.45, 2.75) is 0 Å². The van der Waals surface area contributed by atoms with Crippen molar-refractivity contribution in [3.05, 3.63) is 83.1 Å². The number of nitrogens with one attached hydrogen (secondary N) is 1. The molecular weight excluding hydrogens is 357 g/mol. The Morgan fingerprint density at radius 1 is 0.962 bits per heavy atom. The first kappa shape index (κ1) is 17.8. The molecule has 0 saturated carbocycles. The van der Waals surface area contributed by atoms with Crippen LogP contribution in [-0.2, 0) is 0 Å². The van der Waals surface area contributed by atoms with E-state index in [0.717, 1.165) is 0 Å². The number of ether oxygens (including phenoxy) is 2. The van der Waals surface area contributed by atoms with Crippen LogP contribution in [0.4, 0.5) is 10.1 Å². The summed E-state index contributed by atoms with van der Waals surface area (Å²) in [7, 11) is 1.56. The maximum absolute atomic E-state index is 13.8. The fourth-order valence-corrected chi connectivity index (χ4v) is 2.59. The topological polar surface area (TPSA) is 47.6 Å². The minimum absolute atomic E-state index is 0.0543. The lowest BCUT2D eigenvalue weighted by Crippen LogP contribution is -2.14. The van der Waals surface area contributed by atoms with Crippen molar-refractivity contribution in [3.8, 4) is 17.2 Å². The summed E-state index contributed by atoms with van der Waals surface area (Å²) >= 11 is 5.90. The van der Waals surface area contributed by atoms with Crippen LogP contribution in [0.15, 0.2) is 66.7 Å². The molecule has 0 spiro atoms. The minimum atomic E-state index is -0.675. The summed E-state index contributed by atoms with van der Waals surface area (Å²) in [6, 6.07) is 18.0. The smallest absolute Gasteiger partial charge is 0.260 e. The number of carbonyl (C=O) groups is 1. The molecular formula is C20H15ClFNO3. The van der Waals surface area contributed by atoms with Crippen molar-refractivity contribution >= 4 is 23.2 Å². The van der Waals surface area contributed by atoms with Crippen molar-refractivity contribution in [2.75, 3.05) is 12.4 Å². The Kier molecular flexibility index (Phi) is 5.39. The van der Waals surface area contributed by atoms with Gasteiger partial charge in [0, 0.05) is 5.69 Å². The standard InChI is InChI=1S/C20H15ClFNO3/c1-25-17-7-2-3-8-18(17)26-14-11-9-13(10-12-14)23-20(24)19-15(21)5-4-6-16(19)22/h2-12H,1H3,(H,23,24). The van der Waals surface area contributed by atoms with E-state index in [-0.39, 0.29) is 10.6 Å². The average molecular weight is 372 g/mol. The fourth-order valence-electron chi connectivity index (χ4n) is 2.34. The average Bonchev–Trinajstić information content (AvgIpc) is 2.63. The van der Waals surface area contributed by atoms with Gasteiger partial charge in [0.15, 0.2) is 11.5 Å². The highest BCUT2D eigenvalue weighted by atomic mass is 35.5. The first-order valence-electron chi connectivity index (χ1n) is 7.75. The summed E-state index contributed by atoms with van der Waals surface area (Å²) in [5, 5.41) is 2.66. The van der Waals surface area contributed by atoms with Gasteiger partial charge in [0.1, 0.15) is 11.6 Å². The van der Waals surface area contributed by atoms with Gasteiger partial charge in [-0.2, -0.15) is 0 Å². The van der Waals surface area contributed by atoms with Crippen molar-refractivity contribution in [3.63, 3.8) is 0 Å². The molecule has 0 aliphatic rings. The largest absolute Gasteiger partial charge is 0.493 e. The van der Waals surface area contributed by atoms with Crippen molar-refractivity contribution in [1.82, 2.24) is 0 Å². The molecule has 0 saturated heterocycles. The Morgan fingerprint density at radius 2 is 1.65 bits per heavy atom. The number of rotatable bonds is 5. The number of hydrogen-bond acceptors (Lipinski definition) is 3. The van der Waals surface area contributed by atoms with Gasteiger partial charge in [-0.25, -0.2) is 4.39 Å². The Hall–Kier alpha value is -3.05. The third-order valence-electron chi connectivity index (χ3n) is 3.60. The molecule has 6 heteroatoms. The minimum Gasteiger partial charge on any atom is -0.493 e. The Bertz CT molecular complexity index is 908. The van der Waals surface area contributed by atoms with Crippen LogP contribution in [0.5, 0.6) is 17.2 Å². The van der Waals surface area contributed by atoms with Gasteiger partial charge < -0.3 is 14.8 Å². The van der Waals surface area contributed by atoms with Crippen LogP contribution < -0.4 is 14.8 Å². The molecule has 1 N–H and O–H groups in total. The summed E-state index contributed by atoms with van der Waals surface area (Å²) < 4.78 is 24.8. The van der Waals surface area contributed by atoms with E-state index in [0.29, 0.717) is 22.9 Å². The molecule has 0 aromatic heterocycles. The molecule has 0 aliphatic heterocycles. The molecule has 0 bridgehead atoms. The molecule has 0 radical (unpaired) electrons. The van der Waals surface area contributed by atoms with Crippen LogP contribution in [0, 0.1) is 5.82 Å². The molecule has 0 unspecified atom stereocenters. The third-order valence-corrected chi connectivity index (χ3v) is 3.91. The zero-order valence-corrected chi connectivity index (χ0v) is 14.6. The van der Waals surface area contributed by atoms with E-state index in [9.17, 15) is 9.18 Å². The molecule has 26 heavy (non-hydrogen) atoms. The van der Waals surface area contributed by atoms with Gasteiger partial charge in [-0.3, -0.25) is 4.79 Å². The highest BCUT2D eigenvalue weighted by Crippen LogP contribution is 2.31. The van der Waals surface area contributed by atoms with Crippen molar-refractivity contribution < 1.29 is 18.7 Å². The van der Waals surface area contributed by atoms with Crippen LogP contribution in [0.25, 0.3) is 0 Å². The number of halogens is 2. The molecule has 0 atom stereocenters. The summed E-state index contributed by atoms with van der Waals surface area (Å²) in [6.45, 7) is 0.